The average Bonchev–Trinajstić information content (AvgIpc) is 2.50. The normalized spacial score (nSPS) is 13.7. The van der Waals surface area contributed by atoms with E-state index in [-0.39, 0.29) is 0 Å². The van der Waals surface area contributed by atoms with Gasteiger partial charge in [-0.25, -0.2) is 4.79 Å². The Labute approximate surface area is 122 Å². The fourth-order valence-electron chi connectivity index (χ4n) is 1.94. The SMILES string of the molecule is CNC(CSc1ccncc1)(C(=O)O)c1ccccc1. The van der Waals surface area contributed by atoms with Crippen molar-refractivity contribution in [2.24, 2.45) is 0 Å². The molecule has 1 atom stereocenters. The number of nitrogens with zero attached hydrogens (tertiary/aromatic N) is 1. The molecular weight excluding hydrogens is 272 g/mol. The number of hydrogen-bond acceptors (Lipinski definition) is 4. The van der Waals surface area contributed by atoms with Crippen LogP contribution in [0.5, 0.6) is 0 Å². The lowest BCUT2D eigenvalue weighted by atomic mass is 9.92. The van der Waals surface area contributed by atoms with Crippen molar-refractivity contribution >= 4 is 17.7 Å². The zero-order chi connectivity index (χ0) is 14.4. The number of nitrogens with one attached hydrogen (secondary N) is 1. The predicted molar refractivity (Wildman–Crippen MR) is 79.8 cm³/mol. The second-order valence-corrected chi connectivity index (χ2v) is 5.35. The van der Waals surface area contributed by atoms with Crippen LogP contribution in [0, 0.1) is 0 Å². The van der Waals surface area contributed by atoms with Crippen LogP contribution in [-0.2, 0) is 10.3 Å². The van der Waals surface area contributed by atoms with Gasteiger partial charge in [0.1, 0.15) is 0 Å². The molecular formula is C15H16N2O2S. The van der Waals surface area contributed by atoms with E-state index < -0.39 is 11.5 Å². The highest BCUT2D eigenvalue weighted by molar-refractivity contribution is 7.99. The molecule has 0 fully saturated rings. The molecule has 1 aromatic carbocycles. The summed E-state index contributed by atoms with van der Waals surface area (Å²) in [4.78, 5) is 16.7. The van der Waals surface area contributed by atoms with Gasteiger partial charge in [0.25, 0.3) is 0 Å². The number of aromatic nitrogens is 1. The largest absolute Gasteiger partial charge is 0.480 e. The van der Waals surface area contributed by atoms with E-state index in [2.05, 4.69) is 10.3 Å². The van der Waals surface area contributed by atoms with Crippen LogP contribution in [0.25, 0.3) is 0 Å². The van der Waals surface area contributed by atoms with Gasteiger partial charge in [-0.1, -0.05) is 30.3 Å². The van der Waals surface area contributed by atoms with Crippen LogP contribution in [0.2, 0.25) is 0 Å². The molecule has 4 nitrogen and oxygen atoms in total. The van der Waals surface area contributed by atoms with E-state index >= 15 is 0 Å². The standard InChI is InChI=1S/C15H16N2O2S/c1-16-15(14(18)19,12-5-3-2-4-6-12)11-20-13-7-9-17-10-8-13/h2-10,16H,11H2,1H3,(H,18,19). The molecule has 1 heterocycles. The number of aliphatic carboxylic acids is 1. The Hall–Kier alpha value is -1.85. The smallest absolute Gasteiger partial charge is 0.329 e. The number of benzene rings is 1. The molecule has 0 aliphatic carbocycles. The van der Waals surface area contributed by atoms with Gasteiger partial charge in [0.15, 0.2) is 5.54 Å². The summed E-state index contributed by atoms with van der Waals surface area (Å²) in [7, 11) is 1.67. The first-order valence-electron chi connectivity index (χ1n) is 6.20. The quantitative estimate of drug-likeness (QED) is 0.799. The Bertz CT molecular complexity index is 563. The van der Waals surface area contributed by atoms with Gasteiger partial charge in [0, 0.05) is 23.0 Å². The Balaban J connectivity index is 2.26. The van der Waals surface area contributed by atoms with Gasteiger partial charge in [0.05, 0.1) is 0 Å². The predicted octanol–water partition coefficient (Wildman–Crippen LogP) is 2.37. The number of thioether (sulfide) groups is 1. The zero-order valence-corrected chi connectivity index (χ0v) is 11.9. The van der Waals surface area contributed by atoms with Gasteiger partial charge in [0.2, 0.25) is 0 Å². The number of carboxylic acid groups (broad SMARTS) is 1. The van der Waals surface area contributed by atoms with Crippen LogP contribution in [0.1, 0.15) is 5.56 Å². The van der Waals surface area contributed by atoms with Gasteiger partial charge in [-0.05, 0) is 24.7 Å². The van der Waals surface area contributed by atoms with E-state index in [9.17, 15) is 9.90 Å². The highest BCUT2D eigenvalue weighted by Gasteiger charge is 2.38. The molecule has 104 valence electrons. The molecule has 2 N–H and O–H groups in total. The minimum Gasteiger partial charge on any atom is -0.480 e. The van der Waals surface area contributed by atoms with Gasteiger partial charge in [-0.15, -0.1) is 11.8 Å². The average molecular weight is 288 g/mol. The maximum absolute atomic E-state index is 11.8. The number of rotatable bonds is 6. The maximum atomic E-state index is 11.8. The summed E-state index contributed by atoms with van der Waals surface area (Å²) in [5.41, 5.74) is -0.355. The first kappa shape index (κ1) is 14.6. The van der Waals surface area contributed by atoms with Gasteiger partial charge in [-0.3, -0.25) is 4.98 Å². The zero-order valence-electron chi connectivity index (χ0n) is 11.1. The van der Waals surface area contributed by atoms with Crippen molar-refractivity contribution in [1.82, 2.24) is 10.3 Å². The third kappa shape index (κ3) is 3.00. The molecule has 1 aromatic heterocycles. The lowest BCUT2D eigenvalue weighted by Gasteiger charge is -2.29. The third-order valence-electron chi connectivity index (χ3n) is 3.16. The Morgan fingerprint density at radius 2 is 1.90 bits per heavy atom. The molecule has 2 rings (SSSR count). The lowest BCUT2D eigenvalue weighted by molar-refractivity contribution is -0.144. The first-order chi connectivity index (χ1) is 9.69. The molecule has 20 heavy (non-hydrogen) atoms. The molecule has 0 saturated heterocycles. The molecule has 5 heteroatoms. The van der Waals surface area contributed by atoms with E-state index in [0.29, 0.717) is 5.75 Å². The second-order valence-electron chi connectivity index (χ2n) is 4.30. The number of pyridine rings is 1. The van der Waals surface area contributed by atoms with E-state index in [1.54, 1.807) is 19.4 Å². The Morgan fingerprint density at radius 3 is 2.45 bits per heavy atom. The molecule has 0 aliphatic rings. The molecule has 2 aromatic rings. The lowest BCUT2D eigenvalue weighted by Crippen LogP contribution is -2.49. The summed E-state index contributed by atoms with van der Waals surface area (Å²) >= 11 is 1.49. The van der Waals surface area contributed by atoms with E-state index in [1.807, 2.05) is 42.5 Å². The number of likely N-dealkylation sites (N-methyl/N-ethyl adjacent to an activating group) is 1. The van der Waals surface area contributed by atoms with E-state index in [0.717, 1.165) is 10.5 Å². The van der Waals surface area contributed by atoms with Crippen molar-refractivity contribution in [3.05, 3.63) is 60.4 Å². The molecule has 0 aliphatic heterocycles. The van der Waals surface area contributed by atoms with Gasteiger partial charge < -0.3 is 10.4 Å². The third-order valence-corrected chi connectivity index (χ3v) is 4.35. The Morgan fingerprint density at radius 1 is 1.25 bits per heavy atom. The van der Waals surface area contributed by atoms with Crippen molar-refractivity contribution in [3.8, 4) is 0 Å². The van der Waals surface area contributed by atoms with Gasteiger partial charge >= 0.3 is 5.97 Å². The summed E-state index contributed by atoms with van der Waals surface area (Å²) < 4.78 is 0. The van der Waals surface area contributed by atoms with Gasteiger partial charge in [-0.2, -0.15) is 0 Å². The molecule has 0 bridgehead atoms. The van der Waals surface area contributed by atoms with Crippen molar-refractivity contribution in [2.45, 2.75) is 10.4 Å². The van der Waals surface area contributed by atoms with Crippen molar-refractivity contribution in [2.75, 3.05) is 12.8 Å². The summed E-state index contributed by atoms with van der Waals surface area (Å²) in [5, 5.41) is 12.6. The van der Waals surface area contributed by atoms with Crippen LogP contribution in [0.15, 0.2) is 59.8 Å². The monoisotopic (exact) mass is 288 g/mol. The first-order valence-corrected chi connectivity index (χ1v) is 7.18. The second kappa shape index (κ2) is 6.54. The summed E-state index contributed by atoms with van der Waals surface area (Å²) in [5.74, 6) is -0.486. The summed E-state index contributed by atoms with van der Waals surface area (Å²) in [6, 6.07) is 13.0. The van der Waals surface area contributed by atoms with Crippen LogP contribution >= 0.6 is 11.8 Å². The van der Waals surface area contributed by atoms with Crippen LogP contribution in [0.4, 0.5) is 0 Å². The number of hydrogen-bond donors (Lipinski definition) is 2. The van der Waals surface area contributed by atoms with E-state index in [1.165, 1.54) is 11.8 Å². The minimum absolute atomic E-state index is 0.396. The van der Waals surface area contributed by atoms with Crippen LogP contribution in [-0.4, -0.2) is 28.9 Å². The molecule has 0 saturated carbocycles. The molecule has 1 unspecified atom stereocenters. The number of carbonyl (C=O) groups is 1. The molecule has 0 spiro atoms. The number of carboxylic acids is 1. The highest BCUT2D eigenvalue weighted by Crippen LogP contribution is 2.29. The van der Waals surface area contributed by atoms with Crippen molar-refractivity contribution in [3.63, 3.8) is 0 Å². The fraction of sp³-hybridized carbons (Fsp3) is 0.200. The maximum Gasteiger partial charge on any atom is 0.329 e. The van der Waals surface area contributed by atoms with E-state index in [4.69, 9.17) is 0 Å². The van der Waals surface area contributed by atoms with Crippen molar-refractivity contribution < 1.29 is 9.90 Å². The molecule has 0 radical (unpaired) electrons. The minimum atomic E-state index is -1.10. The van der Waals surface area contributed by atoms with Crippen molar-refractivity contribution in [1.29, 1.82) is 0 Å². The fourth-order valence-corrected chi connectivity index (χ4v) is 3.07. The molecule has 0 amide bonds. The summed E-state index contributed by atoms with van der Waals surface area (Å²) in [6.07, 6.45) is 3.40. The summed E-state index contributed by atoms with van der Waals surface area (Å²) in [6.45, 7) is 0. The topological polar surface area (TPSA) is 62.2 Å². The Kier molecular flexibility index (Phi) is 4.76. The van der Waals surface area contributed by atoms with Crippen LogP contribution < -0.4 is 5.32 Å². The van der Waals surface area contributed by atoms with Crippen LogP contribution in [0.3, 0.4) is 0 Å². The highest BCUT2D eigenvalue weighted by atomic mass is 32.2.